The first-order valence-electron chi connectivity index (χ1n) is 6.73. The fourth-order valence-electron chi connectivity index (χ4n) is 1.82. The molecule has 4 nitrogen and oxygen atoms in total. The number of rotatable bonds is 6. The van der Waals surface area contributed by atoms with Crippen LogP contribution in [0.15, 0.2) is 54.6 Å². The summed E-state index contributed by atoms with van der Waals surface area (Å²) in [5.41, 5.74) is 0.499. The van der Waals surface area contributed by atoms with Gasteiger partial charge in [0.15, 0.2) is 12.7 Å². The van der Waals surface area contributed by atoms with Crippen molar-refractivity contribution in [1.82, 2.24) is 0 Å². The van der Waals surface area contributed by atoms with E-state index in [-0.39, 0.29) is 12.4 Å². The Morgan fingerprint density at radius 1 is 1.09 bits per heavy atom. The van der Waals surface area contributed by atoms with Gasteiger partial charge in [0.25, 0.3) is 0 Å². The quantitative estimate of drug-likeness (QED) is 0.604. The van der Waals surface area contributed by atoms with Crippen LogP contribution in [0.4, 0.5) is 0 Å². The highest BCUT2D eigenvalue weighted by molar-refractivity contribution is 6.30. The minimum Gasteiger partial charge on any atom is -0.482 e. The second-order valence-corrected chi connectivity index (χ2v) is 5.04. The number of hydrogen-bond donors (Lipinski definition) is 0. The second kappa shape index (κ2) is 7.61. The van der Waals surface area contributed by atoms with E-state index < -0.39 is 12.1 Å². The van der Waals surface area contributed by atoms with E-state index in [1.807, 2.05) is 6.07 Å². The van der Waals surface area contributed by atoms with Crippen LogP contribution in [-0.2, 0) is 9.53 Å². The van der Waals surface area contributed by atoms with Gasteiger partial charge in [0.1, 0.15) is 5.75 Å². The molecule has 0 aliphatic rings. The third-order valence-electron chi connectivity index (χ3n) is 2.89. The normalized spacial score (nSPS) is 11.5. The molecule has 114 valence electrons. The molecule has 0 spiro atoms. The molecule has 0 bridgehead atoms. The lowest BCUT2D eigenvalue weighted by Crippen LogP contribution is -2.27. The molecule has 0 saturated carbocycles. The monoisotopic (exact) mass is 318 g/mol. The maximum atomic E-state index is 12.1. The first-order chi connectivity index (χ1) is 10.6. The molecule has 0 aliphatic heterocycles. The largest absolute Gasteiger partial charge is 0.482 e. The SMILES string of the molecule is CC(OC(=O)COc1cccc(Cl)c1)C(=O)c1ccccc1. The Morgan fingerprint density at radius 2 is 1.82 bits per heavy atom. The minimum atomic E-state index is -0.863. The molecule has 2 rings (SSSR count). The van der Waals surface area contributed by atoms with Crippen molar-refractivity contribution in [1.29, 1.82) is 0 Å². The van der Waals surface area contributed by atoms with Crippen molar-refractivity contribution in [2.75, 3.05) is 6.61 Å². The molecule has 1 unspecified atom stereocenters. The van der Waals surface area contributed by atoms with Gasteiger partial charge in [0, 0.05) is 10.6 Å². The molecule has 0 radical (unpaired) electrons. The van der Waals surface area contributed by atoms with Crippen LogP contribution >= 0.6 is 11.6 Å². The van der Waals surface area contributed by atoms with Crippen LogP contribution in [-0.4, -0.2) is 24.5 Å². The minimum absolute atomic E-state index is 0.253. The van der Waals surface area contributed by atoms with E-state index in [4.69, 9.17) is 21.1 Å². The highest BCUT2D eigenvalue weighted by Gasteiger charge is 2.19. The van der Waals surface area contributed by atoms with Crippen molar-refractivity contribution in [2.24, 2.45) is 0 Å². The van der Waals surface area contributed by atoms with Crippen LogP contribution < -0.4 is 4.74 Å². The Balaban J connectivity index is 1.85. The number of carbonyl (C=O) groups excluding carboxylic acids is 2. The average molecular weight is 319 g/mol. The molecule has 0 aromatic heterocycles. The zero-order chi connectivity index (χ0) is 15.9. The fourth-order valence-corrected chi connectivity index (χ4v) is 2.00. The molecule has 0 aliphatic carbocycles. The Hall–Kier alpha value is -2.33. The Labute approximate surface area is 133 Å². The Kier molecular flexibility index (Phi) is 5.55. The van der Waals surface area contributed by atoms with Crippen LogP contribution in [0.1, 0.15) is 17.3 Å². The average Bonchev–Trinajstić information content (AvgIpc) is 2.53. The topological polar surface area (TPSA) is 52.6 Å². The molecular weight excluding hydrogens is 304 g/mol. The summed E-state index contributed by atoms with van der Waals surface area (Å²) >= 11 is 5.81. The number of halogens is 1. The first kappa shape index (κ1) is 16.0. The van der Waals surface area contributed by atoms with E-state index in [2.05, 4.69) is 0 Å². The fraction of sp³-hybridized carbons (Fsp3) is 0.176. The molecule has 0 amide bonds. The van der Waals surface area contributed by atoms with E-state index in [9.17, 15) is 9.59 Å². The van der Waals surface area contributed by atoms with Gasteiger partial charge in [-0.25, -0.2) is 4.79 Å². The smallest absolute Gasteiger partial charge is 0.344 e. The standard InChI is InChI=1S/C17H15ClO4/c1-12(17(20)13-6-3-2-4-7-13)22-16(19)11-21-15-9-5-8-14(18)10-15/h2-10,12H,11H2,1H3. The molecule has 1 atom stereocenters. The molecule has 22 heavy (non-hydrogen) atoms. The van der Waals surface area contributed by atoms with E-state index in [1.54, 1.807) is 48.5 Å². The van der Waals surface area contributed by atoms with E-state index in [0.29, 0.717) is 16.3 Å². The summed E-state index contributed by atoms with van der Waals surface area (Å²) in [5.74, 6) is -0.403. The lowest BCUT2D eigenvalue weighted by molar-refractivity contribution is -0.148. The predicted molar refractivity (Wildman–Crippen MR) is 83.3 cm³/mol. The van der Waals surface area contributed by atoms with Gasteiger partial charge in [0.05, 0.1) is 0 Å². The molecule has 2 aromatic carbocycles. The third kappa shape index (κ3) is 4.60. The number of esters is 1. The third-order valence-corrected chi connectivity index (χ3v) is 3.12. The summed E-state index contributed by atoms with van der Waals surface area (Å²) in [7, 11) is 0. The van der Waals surface area contributed by atoms with Crippen molar-refractivity contribution < 1.29 is 19.1 Å². The van der Waals surface area contributed by atoms with Gasteiger partial charge < -0.3 is 9.47 Å². The van der Waals surface area contributed by atoms with Crippen LogP contribution in [0.2, 0.25) is 5.02 Å². The summed E-state index contributed by atoms with van der Waals surface area (Å²) in [6, 6.07) is 15.4. The number of carbonyl (C=O) groups is 2. The number of Topliss-reactive ketones (excluding diaryl/α,β-unsaturated/α-hetero) is 1. The van der Waals surface area contributed by atoms with Gasteiger partial charge in [-0.05, 0) is 25.1 Å². The maximum absolute atomic E-state index is 12.1. The number of ketones is 1. The van der Waals surface area contributed by atoms with E-state index >= 15 is 0 Å². The van der Waals surface area contributed by atoms with Gasteiger partial charge >= 0.3 is 5.97 Å². The number of hydrogen-bond acceptors (Lipinski definition) is 4. The van der Waals surface area contributed by atoms with E-state index in [1.165, 1.54) is 6.92 Å². The molecule has 0 saturated heterocycles. The molecule has 0 heterocycles. The highest BCUT2D eigenvalue weighted by Crippen LogP contribution is 2.17. The lowest BCUT2D eigenvalue weighted by Gasteiger charge is -2.13. The van der Waals surface area contributed by atoms with Gasteiger partial charge in [-0.1, -0.05) is 48.0 Å². The van der Waals surface area contributed by atoms with Crippen molar-refractivity contribution >= 4 is 23.4 Å². The molecule has 0 fully saturated rings. The van der Waals surface area contributed by atoms with Crippen molar-refractivity contribution in [3.05, 3.63) is 65.2 Å². The summed E-state index contributed by atoms with van der Waals surface area (Å²) in [4.78, 5) is 23.8. The predicted octanol–water partition coefficient (Wildman–Crippen LogP) is 3.53. The number of benzene rings is 2. The Bertz CT molecular complexity index is 655. The summed E-state index contributed by atoms with van der Waals surface area (Å²) in [6.45, 7) is 1.25. The van der Waals surface area contributed by atoms with Crippen molar-refractivity contribution in [3.8, 4) is 5.75 Å². The zero-order valence-corrected chi connectivity index (χ0v) is 12.7. The van der Waals surface area contributed by atoms with Crippen molar-refractivity contribution in [3.63, 3.8) is 0 Å². The van der Waals surface area contributed by atoms with Gasteiger partial charge in [-0.15, -0.1) is 0 Å². The van der Waals surface area contributed by atoms with Gasteiger partial charge in [-0.2, -0.15) is 0 Å². The summed E-state index contributed by atoms with van der Waals surface area (Å²) in [5, 5.41) is 0.512. The van der Waals surface area contributed by atoms with Crippen LogP contribution in [0, 0.1) is 0 Å². The molecule has 5 heteroatoms. The molecular formula is C17H15ClO4. The molecule has 0 N–H and O–H groups in total. The first-order valence-corrected chi connectivity index (χ1v) is 7.11. The molecule has 2 aromatic rings. The maximum Gasteiger partial charge on any atom is 0.344 e. The van der Waals surface area contributed by atoms with Crippen LogP contribution in [0.3, 0.4) is 0 Å². The van der Waals surface area contributed by atoms with E-state index in [0.717, 1.165) is 0 Å². The van der Waals surface area contributed by atoms with Crippen molar-refractivity contribution in [2.45, 2.75) is 13.0 Å². The second-order valence-electron chi connectivity index (χ2n) is 4.61. The van der Waals surface area contributed by atoms with Gasteiger partial charge in [0.2, 0.25) is 5.78 Å². The van der Waals surface area contributed by atoms with Gasteiger partial charge in [-0.3, -0.25) is 4.79 Å². The lowest BCUT2D eigenvalue weighted by atomic mass is 10.1. The van der Waals surface area contributed by atoms with Crippen LogP contribution in [0.5, 0.6) is 5.75 Å². The highest BCUT2D eigenvalue weighted by atomic mass is 35.5. The summed E-state index contributed by atoms with van der Waals surface area (Å²) in [6.07, 6.45) is -0.863. The zero-order valence-electron chi connectivity index (χ0n) is 12.0. The number of ether oxygens (including phenoxy) is 2. The van der Waals surface area contributed by atoms with Crippen LogP contribution in [0.25, 0.3) is 0 Å². The Morgan fingerprint density at radius 3 is 2.50 bits per heavy atom. The summed E-state index contributed by atoms with van der Waals surface area (Å²) < 4.78 is 10.3.